The topological polar surface area (TPSA) is 82.1 Å². The van der Waals surface area contributed by atoms with Crippen LogP contribution in [0.4, 0.5) is 0 Å². The fourth-order valence-corrected chi connectivity index (χ4v) is 1.64. The number of esters is 1. The Morgan fingerprint density at radius 3 is 2.85 bits per heavy atom. The summed E-state index contributed by atoms with van der Waals surface area (Å²) < 4.78 is 15.4. The number of hydrogen-bond donors (Lipinski definition) is 1. The Hall–Kier alpha value is -2.08. The monoisotopic (exact) mass is 277 g/mol. The van der Waals surface area contributed by atoms with Crippen molar-refractivity contribution in [2.75, 3.05) is 7.11 Å². The second-order valence-corrected chi connectivity index (χ2v) is 3.98. The van der Waals surface area contributed by atoms with Gasteiger partial charge in [0.05, 0.1) is 12.7 Å². The molecule has 1 heterocycles. The van der Waals surface area contributed by atoms with Crippen molar-refractivity contribution in [1.82, 2.24) is 0 Å². The molecule has 20 heavy (non-hydrogen) atoms. The molecular formula is C14H13O6. The van der Waals surface area contributed by atoms with Crippen LogP contribution in [0.2, 0.25) is 0 Å². The molecule has 1 fully saturated rings. The van der Waals surface area contributed by atoms with Gasteiger partial charge in [0.15, 0.2) is 12.4 Å². The van der Waals surface area contributed by atoms with Gasteiger partial charge in [-0.15, -0.1) is 0 Å². The highest BCUT2D eigenvalue weighted by molar-refractivity contribution is 5.79. The molecule has 0 aliphatic carbocycles. The van der Waals surface area contributed by atoms with E-state index in [1.807, 2.05) is 0 Å². The van der Waals surface area contributed by atoms with Gasteiger partial charge in [0, 0.05) is 18.9 Å². The molecule has 0 spiro atoms. The molecule has 0 aromatic heterocycles. The van der Waals surface area contributed by atoms with Crippen molar-refractivity contribution in [3.63, 3.8) is 0 Å². The van der Waals surface area contributed by atoms with Crippen LogP contribution in [0, 0.1) is 19.3 Å². The van der Waals surface area contributed by atoms with E-state index in [1.165, 1.54) is 25.3 Å². The van der Waals surface area contributed by atoms with Gasteiger partial charge in [0.2, 0.25) is 6.29 Å². The van der Waals surface area contributed by atoms with Crippen LogP contribution in [0.5, 0.6) is 11.5 Å². The van der Waals surface area contributed by atoms with Crippen molar-refractivity contribution in [2.45, 2.75) is 12.4 Å². The van der Waals surface area contributed by atoms with Crippen LogP contribution in [0.25, 0.3) is 0 Å². The first kappa shape index (κ1) is 14.3. The van der Waals surface area contributed by atoms with Gasteiger partial charge in [-0.25, -0.2) is 4.79 Å². The predicted molar refractivity (Wildman–Crippen MR) is 67.7 cm³/mol. The summed E-state index contributed by atoms with van der Waals surface area (Å²) in [6, 6.07) is 4.24. The van der Waals surface area contributed by atoms with Crippen LogP contribution >= 0.6 is 0 Å². The van der Waals surface area contributed by atoms with E-state index in [-0.39, 0.29) is 11.3 Å². The van der Waals surface area contributed by atoms with Crippen LogP contribution in [0.1, 0.15) is 10.4 Å². The summed E-state index contributed by atoms with van der Waals surface area (Å²) in [6.45, 7) is 0. The van der Waals surface area contributed by atoms with Crippen LogP contribution in [-0.2, 0) is 14.3 Å². The van der Waals surface area contributed by atoms with E-state index in [1.54, 1.807) is 19.3 Å². The van der Waals surface area contributed by atoms with E-state index in [2.05, 4.69) is 4.74 Å². The third kappa shape index (κ3) is 3.27. The molecule has 0 bridgehead atoms. The maximum Gasteiger partial charge on any atom is 0.335 e. The first-order valence-electron chi connectivity index (χ1n) is 5.84. The van der Waals surface area contributed by atoms with Crippen molar-refractivity contribution in [1.29, 1.82) is 0 Å². The Morgan fingerprint density at radius 1 is 1.40 bits per heavy atom. The van der Waals surface area contributed by atoms with Gasteiger partial charge < -0.3 is 19.3 Å². The van der Waals surface area contributed by atoms with Crippen molar-refractivity contribution >= 4 is 12.3 Å². The number of rotatable bonds is 4. The van der Waals surface area contributed by atoms with E-state index in [4.69, 9.17) is 9.47 Å². The average molecular weight is 277 g/mol. The molecule has 0 saturated carbocycles. The molecule has 2 atom stereocenters. The van der Waals surface area contributed by atoms with Gasteiger partial charge in [-0.1, -0.05) is 0 Å². The average Bonchev–Trinajstić information content (AvgIpc) is 2.47. The van der Waals surface area contributed by atoms with E-state index in [9.17, 15) is 14.7 Å². The maximum atomic E-state index is 11.4. The molecule has 6 heteroatoms. The van der Waals surface area contributed by atoms with Crippen LogP contribution in [0.3, 0.4) is 0 Å². The molecule has 0 unspecified atom stereocenters. The summed E-state index contributed by atoms with van der Waals surface area (Å²) >= 11 is 0. The molecule has 1 N–H and O–H groups in total. The third-order valence-electron chi connectivity index (χ3n) is 2.65. The van der Waals surface area contributed by atoms with Crippen molar-refractivity contribution < 1.29 is 28.9 Å². The van der Waals surface area contributed by atoms with E-state index in [0.717, 1.165) is 0 Å². The molecule has 1 aliphatic rings. The summed E-state index contributed by atoms with van der Waals surface area (Å²) in [5.74, 6) is -0.399. The van der Waals surface area contributed by atoms with Crippen LogP contribution < -0.4 is 4.74 Å². The van der Waals surface area contributed by atoms with Gasteiger partial charge in [0.25, 0.3) is 0 Å². The molecule has 1 aliphatic heterocycles. The second-order valence-electron chi connectivity index (χ2n) is 3.98. The standard InChI is InChI=1S/C14H13O6/c1-18-14(17)12-3-2-4-13(20-12)19-10-6-5-9(8-15)11(16)7-10/h2-8,12-13,16H,1H3/t12-,13+/m0/s1. The number of methoxy groups -OCH3 is 1. The molecule has 1 aromatic carbocycles. The molecule has 3 radical (unpaired) electrons. The molecule has 0 amide bonds. The number of aldehydes is 1. The maximum absolute atomic E-state index is 11.4. The van der Waals surface area contributed by atoms with Crippen LogP contribution in [0.15, 0.2) is 18.2 Å². The molecule has 105 valence electrons. The summed E-state index contributed by atoms with van der Waals surface area (Å²) in [5, 5.41) is 9.55. The number of benzene rings is 1. The van der Waals surface area contributed by atoms with Crippen molar-refractivity contribution in [2.24, 2.45) is 0 Å². The minimum atomic E-state index is -0.835. The first-order chi connectivity index (χ1) is 9.63. The highest BCUT2D eigenvalue weighted by atomic mass is 16.7. The highest BCUT2D eigenvalue weighted by Gasteiger charge is 2.30. The Kier molecular flexibility index (Phi) is 4.57. The summed E-state index contributed by atoms with van der Waals surface area (Å²) in [4.78, 5) is 21.9. The lowest BCUT2D eigenvalue weighted by Crippen LogP contribution is -2.38. The normalized spacial score (nSPS) is 22.1. The number of ether oxygens (including phenoxy) is 3. The number of carbonyl (C=O) groups excluding carboxylic acids is 2. The molecule has 1 aromatic rings. The number of carbonyl (C=O) groups is 2. The van der Waals surface area contributed by atoms with Gasteiger partial charge in [0.1, 0.15) is 11.5 Å². The van der Waals surface area contributed by atoms with E-state index < -0.39 is 18.4 Å². The zero-order valence-electron chi connectivity index (χ0n) is 10.7. The number of aromatic hydroxyl groups is 1. The molecule has 1 saturated heterocycles. The molecule has 6 nitrogen and oxygen atoms in total. The van der Waals surface area contributed by atoms with Gasteiger partial charge in [-0.05, 0) is 18.6 Å². The lowest BCUT2D eigenvalue weighted by molar-refractivity contribution is -0.165. The van der Waals surface area contributed by atoms with Crippen molar-refractivity contribution in [3.05, 3.63) is 43.0 Å². The number of hydrogen-bond acceptors (Lipinski definition) is 6. The zero-order chi connectivity index (χ0) is 14.5. The fraction of sp³-hybridized carbons (Fsp3) is 0.214. The van der Waals surface area contributed by atoms with Gasteiger partial charge in [-0.3, -0.25) is 4.79 Å². The van der Waals surface area contributed by atoms with Crippen LogP contribution in [-0.4, -0.2) is 36.9 Å². The fourth-order valence-electron chi connectivity index (χ4n) is 1.64. The molecule has 2 rings (SSSR count). The van der Waals surface area contributed by atoms with E-state index >= 15 is 0 Å². The summed E-state index contributed by atoms with van der Waals surface area (Å²) in [7, 11) is 1.27. The predicted octanol–water partition coefficient (Wildman–Crippen LogP) is 1.09. The van der Waals surface area contributed by atoms with Gasteiger partial charge >= 0.3 is 5.97 Å². The zero-order valence-corrected chi connectivity index (χ0v) is 10.7. The Labute approximate surface area is 116 Å². The summed E-state index contributed by atoms with van der Waals surface area (Å²) in [5.41, 5.74) is 0.165. The number of phenols is 1. The van der Waals surface area contributed by atoms with Crippen molar-refractivity contribution in [3.8, 4) is 11.5 Å². The quantitative estimate of drug-likeness (QED) is 0.655. The second kappa shape index (κ2) is 6.38. The smallest absolute Gasteiger partial charge is 0.335 e. The Morgan fingerprint density at radius 2 is 2.20 bits per heavy atom. The third-order valence-corrected chi connectivity index (χ3v) is 2.65. The largest absolute Gasteiger partial charge is 0.507 e. The first-order valence-corrected chi connectivity index (χ1v) is 5.84. The number of phenolic OH excluding ortho intramolecular Hbond substituents is 1. The lowest BCUT2D eigenvalue weighted by atomic mass is 10.1. The highest BCUT2D eigenvalue weighted by Crippen LogP contribution is 2.26. The van der Waals surface area contributed by atoms with Gasteiger partial charge in [-0.2, -0.15) is 0 Å². The van der Waals surface area contributed by atoms with E-state index in [0.29, 0.717) is 12.0 Å². The Balaban J connectivity index is 2.00. The minimum Gasteiger partial charge on any atom is -0.507 e. The summed E-state index contributed by atoms with van der Waals surface area (Å²) in [6.07, 6.45) is 3.69. The SMILES string of the molecule is COC(=O)[C@@H]1[CH][CH][CH][C@H](Oc2ccc(C=O)c(O)c2)O1. The lowest BCUT2D eigenvalue weighted by Gasteiger charge is -2.28. The molecular weight excluding hydrogens is 264 g/mol. The Bertz CT molecular complexity index is 498. The minimum absolute atomic E-state index is 0.165.